The van der Waals surface area contributed by atoms with Crippen LogP contribution in [0.1, 0.15) is 12.8 Å². The molecule has 0 aromatic carbocycles. The van der Waals surface area contributed by atoms with Gasteiger partial charge in [-0.15, -0.1) is 11.3 Å². The van der Waals surface area contributed by atoms with Crippen LogP contribution in [0.15, 0.2) is 11.6 Å². The number of hydrogen-bond acceptors (Lipinski definition) is 5. The van der Waals surface area contributed by atoms with E-state index in [1.807, 2.05) is 10.3 Å². The summed E-state index contributed by atoms with van der Waals surface area (Å²) in [7, 11) is 0. The number of carbonyl (C=O) groups is 1. The number of ether oxygens (including phenoxy) is 1. The molecule has 96 valence electrons. The zero-order valence-electron chi connectivity index (χ0n) is 10.0. The first kappa shape index (κ1) is 10.8. The number of aromatic nitrogens is 1. The first-order valence-corrected chi connectivity index (χ1v) is 7.25. The molecule has 1 aromatic heterocycles. The smallest absolute Gasteiger partial charge is 0.257 e. The van der Waals surface area contributed by atoms with Crippen LogP contribution in [0.4, 0.5) is 5.13 Å². The van der Waals surface area contributed by atoms with Gasteiger partial charge in [-0.3, -0.25) is 4.79 Å². The predicted octanol–water partition coefficient (Wildman–Crippen LogP) is 0.928. The van der Waals surface area contributed by atoms with E-state index in [-0.39, 0.29) is 5.91 Å². The average Bonchev–Trinajstić information content (AvgIpc) is 3.06. The first-order valence-electron chi connectivity index (χ1n) is 6.37. The van der Waals surface area contributed by atoms with E-state index in [1.165, 1.54) is 0 Å². The lowest BCUT2D eigenvalue weighted by Gasteiger charge is -2.49. The van der Waals surface area contributed by atoms with Gasteiger partial charge >= 0.3 is 0 Å². The Morgan fingerprint density at radius 3 is 2.89 bits per heavy atom. The minimum Gasteiger partial charge on any atom is -0.343 e. The monoisotopic (exact) mass is 265 g/mol. The number of carbonyl (C=O) groups excluding carboxylic acids is 1. The summed E-state index contributed by atoms with van der Waals surface area (Å²) in [6, 6.07) is 0. The fourth-order valence-electron chi connectivity index (χ4n) is 3.43. The van der Waals surface area contributed by atoms with E-state index in [9.17, 15) is 4.79 Å². The van der Waals surface area contributed by atoms with E-state index in [0.717, 1.165) is 31.1 Å². The van der Waals surface area contributed by atoms with Crippen LogP contribution in [0, 0.1) is 5.92 Å². The maximum atomic E-state index is 12.5. The summed E-state index contributed by atoms with van der Waals surface area (Å²) < 4.78 is 5.97. The maximum absolute atomic E-state index is 12.5. The van der Waals surface area contributed by atoms with Gasteiger partial charge < -0.3 is 14.5 Å². The molecule has 6 heteroatoms. The highest BCUT2D eigenvalue weighted by Gasteiger charge is 2.58. The molecule has 1 spiro atoms. The summed E-state index contributed by atoms with van der Waals surface area (Å²) in [5.74, 6) is 0.587. The number of amides is 1. The fourth-order valence-corrected chi connectivity index (χ4v) is 4.06. The molecule has 5 nitrogen and oxygen atoms in total. The van der Waals surface area contributed by atoms with E-state index in [0.29, 0.717) is 19.2 Å². The number of nitrogens with zero attached hydrogens (tertiary/aromatic N) is 3. The summed E-state index contributed by atoms with van der Waals surface area (Å²) in [4.78, 5) is 20.8. The number of piperidine rings is 3. The van der Waals surface area contributed by atoms with Gasteiger partial charge in [0.2, 0.25) is 0 Å². The third-order valence-electron chi connectivity index (χ3n) is 4.40. The third kappa shape index (κ3) is 1.30. The average molecular weight is 265 g/mol. The highest BCUT2D eigenvalue weighted by atomic mass is 32.1. The van der Waals surface area contributed by atoms with Crippen molar-refractivity contribution in [3.8, 4) is 0 Å². The molecule has 4 aliphatic rings. The molecule has 1 unspecified atom stereocenters. The van der Waals surface area contributed by atoms with E-state index < -0.39 is 5.60 Å². The van der Waals surface area contributed by atoms with Crippen LogP contribution in [-0.2, 0) is 9.53 Å². The number of fused-ring (bicyclic) bond motifs is 2. The second kappa shape index (κ2) is 3.68. The van der Waals surface area contributed by atoms with Gasteiger partial charge in [-0.05, 0) is 12.8 Å². The van der Waals surface area contributed by atoms with Crippen molar-refractivity contribution < 1.29 is 9.53 Å². The summed E-state index contributed by atoms with van der Waals surface area (Å²) in [6.45, 7) is 2.97. The lowest BCUT2D eigenvalue weighted by Crippen LogP contribution is -2.65. The van der Waals surface area contributed by atoms with Crippen LogP contribution in [0.2, 0.25) is 0 Å². The van der Waals surface area contributed by atoms with Crippen LogP contribution < -0.4 is 4.90 Å². The largest absolute Gasteiger partial charge is 0.343 e. The molecule has 0 saturated carbocycles. The molecule has 1 amide bonds. The van der Waals surface area contributed by atoms with Crippen LogP contribution in [0.25, 0.3) is 0 Å². The molecule has 0 N–H and O–H groups in total. The molecule has 4 saturated heterocycles. The number of hydrogen-bond donors (Lipinski definition) is 0. The van der Waals surface area contributed by atoms with E-state index in [4.69, 9.17) is 4.74 Å². The van der Waals surface area contributed by atoms with Gasteiger partial charge in [0.05, 0.1) is 6.54 Å². The van der Waals surface area contributed by atoms with Crippen molar-refractivity contribution in [3.05, 3.63) is 11.6 Å². The Morgan fingerprint density at radius 1 is 1.39 bits per heavy atom. The lowest BCUT2D eigenvalue weighted by molar-refractivity contribution is -0.174. The summed E-state index contributed by atoms with van der Waals surface area (Å²) in [6.07, 6.45) is 3.96. The van der Waals surface area contributed by atoms with Crippen molar-refractivity contribution in [1.82, 2.24) is 9.88 Å². The molecule has 18 heavy (non-hydrogen) atoms. The van der Waals surface area contributed by atoms with Gasteiger partial charge in [0.25, 0.3) is 5.91 Å². The molecule has 5 rings (SSSR count). The van der Waals surface area contributed by atoms with Crippen LogP contribution >= 0.6 is 11.3 Å². The number of thiazole rings is 1. The minimum atomic E-state index is -0.581. The van der Waals surface area contributed by atoms with Crippen LogP contribution in [-0.4, -0.2) is 47.8 Å². The molecule has 1 aromatic rings. The number of rotatable bonds is 1. The van der Waals surface area contributed by atoms with Gasteiger partial charge in [-0.1, -0.05) is 0 Å². The molecular formula is C12H15N3O2S. The predicted molar refractivity (Wildman–Crippen MR) is 67.4 cm³/mol. The minimum absolute atomic E-state index is 0.198. The Balaban J connectivity index is 1.64. The lowest BCUT2D eigenvalue weighted by atomic mass is 9.74. The highest BCUT2D eigenvalue weighted by molar-refractivity contribution is 7.13. The van der Waals surface area contributed by atoms with Gasteiger partial charge in [-0.25, -0.2) is 4.98 Å². The quantitative estimate of drug-likeness (QED) is 0.758. The molecular weight excluding hydrogens is 250 g/mol. The first-order chi connectivity index (χ1) is 8.79. The normalized spacial score (nSPS) is 34.9. The zero-order valence-corrected chi connectivity index (χ0v) is 10.9. The molecule has 0 aliphatic carbocycles. The Morgan fingerprint density at radius 2 is 2.22 bits per heavy atom. The second-order valence-corrected chi connectivity index (χ2v) is 6.12. The Kier molecular flexibility index (Phi) is 2.20. The van der Waals surface area contributed by atoms with Gasteiger partial charge in [0.15, 0.2) is 10.7 Å². The molecule has 1 atom stereocenters. The van der Waals surface area contributed by atoms with Gasteiger partial charge in [0, 0.05) is 30.6 Å². The van der Waals surface area contributed by atoms with E-state index >= 15 is 0 Å². The van der Waals surface area contributed by atoms with Crippen molar-refractivity contribution in [3.63, 3.8) is 0 Å². The molecule has 2 bridgehead atoms. The summed E-state index contributed by atoms with van der Waals surface area (Å²) >= 11 is 1.60. The zero-order chi connectivity index (χ0) is 12.2. The van der Waals surface area contributed by atoms with Gasteiger partial charge in [-0.2, -0.15) is 0 Å². The van der Waals surface area contributed by atoms with Crippen LogP contribution in [0.5, 0.6) is 0 Å². The fraction of sp³-hybridized carbons (Fsp3) is 0.667. The van der Waals surface area contributed by atoms with Gasteiger partial charge in [0.1, 0.15) is 6.73 Å². The van der Waals surface area contributed by atoms with Crippen molar-refractivity contribution >= 4 is 22.4 Å². The Hall–Kier alpha value is -1.14. The molecule has 4 fully saturated rings. The van der Waals surface area contributed by atoms with Crippen molar-refractivity contribution in [2.75, 3.05) is 31.3 Å². The Labute approximate surface area is 109 Å². The summed E-state index contributed by atoms with van der Waals surface area (Å²) in [5.41, 5.74) is -0.581. The third-order valence-corrected chi connectivity index (χ3v) is 5.23. The van der Waals surface area contributed by atoms with Crippen molar-refractivity contribution in [2.24, 2.45) is 5.92 Å². The van der Waals surface area contributed by atoms with Crippen LogP contribution in [0.3, 0.4) is 0 Å². The van der Waals surface area contributed by atoms with Crippen molar-refractivity contribution in [1.29, 1.82) is 0 Å². The Bertz CT molecular complexity index is 470. The van der Waals surface area contributed by atoms with Crippen molar-refractivity contribution in [2.45, 2.75) is 18.4 Å². The molecule has 5 heterocycles. The van der Waals surface area contributed by atoms with E-state index in [2.05, 4.69) is 9.88 Å². The standard InChI is InChI=1S/C12H15N3O2S/c16-10-12(9-1-4-14(10)5-2-9)7-15(8-17-12)11-13-3-6-18-11/h3,6,9H,1-2,4-5,7-8H2. The number of anilines is 1. The maximum Gasteiger partial charge on any atom is 0.257 e. The topological polar surface area (TPSA) is 45.7 Å². The SMILES string of the molecule is O=C1N2CCC(CC2)C12CN(c1nccs1)CO2. The molecule has 0 radical (unpaired) electrons. The summed E-state index contributed by atoms with van der Waals surface area (Å²) in [5, 5.41) is 2.91. The highest BCUT2D eigenvalue weighted by Crippen LogP contribution is 2.43. The molecule has 4 aliphatic heterocycles. The second-order valence-electron chi connectivity index (χ2n) is 5.24. The van der Waals surface area contributed by atoms with E-state index in [1.54, 1.807) is 17.5 Å².